The summed E-state index contributed by atoms with van der Waals surface area (Å²) in [5.74, 6) is -8.62. The Balaban J connectivity index is 0.000000452. The van der Waals surface area contributed by atoms with Crippen molar-refractivity contribution in [3.63, 3.8) is 0 Å². The molecule has 45 heavy (non-hydrogen) atoms. The van der Waals surface area contributed by atoms with E-state index in [9.17, 15) is 29.1 Å². The van der Waals surface area contributed by atoms with Crippen molar-refractivity contribution in [3.8, 4) is 11.5 Å². The number of hydrogen-bond donors (Lipinski definition) is 1. The number of allylic oxidation sites excluding steroid dienone is 2. The number of rotatable bonds is 12. The van der Waals surface area contributed by atoms with E-state index in [1.54, 1.807) is 32.1 Å². The second kappa shape index (κ2) is 17.4. The van der Waals surface area contributed by atoms with Gasteiger partial charge in [0.05, 0.1) is 65.3 Å². The molecule has 1 fully saturated rings. The number of fused-ring (bicyclic) bond motifs is 2. The first-order valence-electron chi connectivity index (χ1n) is 14.1. The second-order valence-electron chi connectivity index (χ2n) is 10.5. The number of carbonyl (C=O) groups is 5. The van der Waals surface area contributed by atoms with Gasteiger partial charge in [0.2, 0.25) is 0 Å². The first kappa shape index (κ1) is 37.0. The van der Waals surface area contributed by atoms with Crippen LogP contribution in [0.4, 0.5) is 0 Å². The van der Waals surface area contributed by atoms with Gasteiger partial charge in [0.15, 0.2) is 0 Å². The number of methoxy groups -OCH3 is 6. The van der Waals surface area contributed by atoms with Crippen LogP contribution >= 0.6 is 0 Å². The maximum Gasteiger partial charge on any atom is 0.341 e. The zero-order chi connectivity index (χ0) is 33.8. The molecule has 0 heterocycles. The van der Waals surface area contributed by atoms with Crippen molar-refractivity contribution >= 4 is 29.8 Å². The lowest BCUT2D eigenvalue weighted by Gasteiger charge is -2.49. The van der Waals surface area contributed by atoms with Gasteiger partial charge in [-0.25, -0.2) is 4.79 Å². The fraction of sp³-hybridized carbons (Fsp3) is 0.581. The zero-order valence-electron chi connectivity index (χ0n) is 26.7. The van der Waals surface area contributed by atoms with Crippen molar-refractivity contribution in [2.75, 3.05) is 55.9 Å². The molecule has 1 N–H and O–H groups in total. The molecule has 1 aromatic rings. The molecular weight excluding hydrogens is 596 g/mol. The molecule has 0 spiro atoms. The summed E-state index contributed by atoms with van der Waals surface area (Å²) in [4.78, 5) is 62.7. The predicted octanol–water partition coefficient (Wildman–Crippen LogP) is 1.96. The van der Waals surface area contributed by atoms with Crippen LogP contribution in [0.5, 0.6) is 11.5 Å². The molecule has 6 unspecified atom stereocenters. The van der Waals surface area contributed by atoms with E-state index >= 15 is 0 Å². The molecule has 4 rings (SSSR count). The summed E-state index contributed by atoms with van der Waals surface area (Å²) >= 11 is 0. The molecule has 3 aliphatic rings. The van der Waals surface area contributed by atoms with Gasteiger partial charge in [0.1, 0.15) is 29.3 Å². The quantitative estimate of drug-likeness (QED) is 0.199. The van der Waals surface area contributed by atoms with Gasteiger partial charge in [0.25, 0.3) is 0 Å². The lowest BCUT2D eigenvalue weighted by Crippen LogP contribution is -2.58. The Hall–Kier alpha value is -4.17. The third kappa shape index (κ3) is 8.94. The van der Waals surface area contributed by atoms with Gasteiger partial charge in [-0.15, -0.1) is 0 Å². The van der Waals surface area contributed by atoms with Crippen LogP contribution in [0.2, 0.25) is 0 Å². The Morgan fingerprint density at radius 2 is 1.09 bits per heavy atom. The lowest BCUT2D eigenvalue weighted by molar-refractivity contribution is -0.188. The van der Waals surface area contributed by atoms with Crippen LogP contribution in [0.25, 0.3) is 0 Å². The second-order valence-corrected chi connectivity index (χ2v) is 10.5. The minimum atomic E-state index is -1.03. The maximum atomic E-state index is 13.1. The van der Waals surface area contributed by atoms with Crippen molar-refractivity contribution in [1.82, 2.24) is 0 Å². The van der Waals surface area contributed by atoms with Gasteiger partial charge in [-0.05, 0) is 26.0 Å². The highest BCUT2D eigenvalue weighted by Gasteiger charge is 2.62. The Morgan fingerprint density at radius 3 is 1.42 bits per heavy atom. The molecule has 250 valence electrons. The van der Waals surface area contributed by atoms with Crippen molar-refractivity contribution in [2.45, 2.75) is 26.1 Å². The van der Waals surface area contributed by atoms with E-state index in [0.717, 1.165) is 0 Å². The Bertz CT molecular complexity index is 1170. The van der Waals surface area contributed by atoms with Crippen LogP contribution < -0.4 is 4.74 Å². The van der Waals surface area contributed by atoms with Crippen LogP contribution in [0.1, 0.15) is 24.2 Å². The lowest BCUT2D eigenvalue weighted by atomic mass is 9.53. The van der Waals surface area contributed by atoms with E-state index in [2.05, 4.69) is 4.74 Å². The first-order chi connectivity index (χ1) is 21.4. The normalized spacial score (nSPS) is 24.2. The largest absolute Gasteiger partial charge is 0.507 e. The van der Waals surface area contributed by atoms with Crippen molar-refractivity contribution < 1.29 is 67.0 Å². The number of phenols is 1. The summed E-state index contributed by atoms with van der Waals surface area (Å²) in [6.45, 7) is 3.63. The smallest absolute Gasteiger partial charge is 0.341 e. The summed E-state index contributed by atoms with van der Waals surface area (Å²) in [7, 11) is 8.09. The van der Waals surface area contributed by atoms with Crippen LogP contribution in [-0.4, -0.2) is 103 Å². The highest BCUT2D eigenvalue weighted by molar-refractivity contribution is 5.92. The number of benzene rings is 1. The SMILES string of the molecule is COC(=O)c1ccc(OC)cc1O.COCC(C)OC(=O)C1C2C=CC(C1C(=O)OC)C(C(=O)OC)C2C(=O)OC(C)COC. The Labute approximate surface area is 261 Å². The Kier molecular flexibility index (Phi) is 14.3. The number of aromatic hydroxyl groups is 1. The highest BCUT2D eigenvalue weighted by Crippen LogP contribution is 2.53. The van der Waals surface area contributed by atoms with E-state index in [4.69, 9.17) is 33.2 Å². The average molecular weight is 639 g/mol. The van der Waals surface area contributed by atoms with Gasteiger partial charge in [-0.3, -0.25) is 19.2 Å². The van der Waals surface area contributed by atoms with Crippen LogP contribution in [-0.2, 0) is 52.3 Å². The molecule has 0 aromatic heterocycles. The third-order valence-corrected chi connectivity index (χ3v) is 7.53. The van der Waals surface area contributed by atoms with Gasteiger partial charge in [0, 0.05) is 32.1 Å². The monoisotopic (exact) mass is 638 g/mol. The molecule has 0 aliphatic heterocycles. The van der Waals surface area contributed by atoms with Crippen molar-refractivity contribution in [3.05, 3.63) is 35.9 Å². The first-order valence-corrected chi connectivity index (χ1v) is 14.1. The zero-order valence-corrected chi connectivity index (χ0v) is 26.7. The van der Waals surface area contributed by atoms with Gasteiger partial charge in [-0.1, -0.05) is 12.2 Å². The number of phenolic OH excluding ortho intramolecular Hbond substituents is 1. The van der Waals surface area contributed by atoms with Gasteiger partial charge in [-0.2, -0.15) is 0 Å². The molecule has 14 heteroatoms. The molecule has 0 radical (unpaired) electrons. The number of esters is 5. The maximum absolute atomic E-state index is 13.1. The summed E-state index contributed by atoms with van der Waals surface area (Å²) in [6, 6.07) is 4.37. The third-order valence-electron chi connectivity index (χ3n) is 7.53. The number of hydrogen-bond acceptors (Lipinski definition) is 14. The number of carbonyl (C=O) groups excluding carboxylic acids is 5. The minimum Gasteiger partial charge on any atom is -0.507 e. The summed E-state index contributed by atoms with van der Waals surface area (Å²) in [6.07, 6.45) is 2.19. The molecule has 0 saturated heterocycles. The average Bonchev–Trinajstić information content (AvgIpc) is 3.03. The fourth-order valence-electron chi connectivity index (χ4n) is 5.64. The molecule has 6 atom stereocenters. The fourth-order valence-corrected chi connectivity index (χ4v) is 5.64. The van der Waals surface area contributed by atoms with Crippen LogP contribution in [0.3, 0.4) is 0 Å². The van der Waals surface area contributed by atoms with Gasteiger partial charge < -0.3 is 43.0 Å². The van der Waals surface area contributed by atoms with Crippen molar-refractivity contribution in [1.29, 1.82) is 0 Å². The molecule has 2 bridgehead atoms. The minimum absolute atomic E-state index is 0.128. The molecular formula is C31H42O14. The highest BCUT2D eigenvalue weighted by atomic mass is 16.6. The van der Waals surface area contributed by atoms with E-state index in [0.29, 0.717) is 5.75 Å². The predicted molar refractivity (Wildman–Crippen MR) is 155 cm³/mol. The van der Waals surface area contributed by atoms with E-state index in [-0.39, 0.29) is 24.5 Å². The molecule has 0 amide bonds. The number of ether oxygens (including phenoxy) is 8. The summed E-state index contributed by atoms with van der Waals surface area (Å²) < 4.78 is 40.2. The summed E-state index contributed by atoms with van der Waals surface area (Å²) in [5.41, 5.74) is 0.128. The Morgan fingerprint density at radius 1 is 0.667 bits per heavy atom. The van der Waals surface area contributed by atoms with Crippen LogP contribution in [0.15, 0.2) is 30.4 Å². The van der Waals surface area contributed by atoms with Crippen LogP contribution in [0, 0.1) is 35.5 Å². The van der Waals surface area contributed by atoms with Gasteiger partial charge >= 0.3 is 29.8 Å². The van der Waals surface area contributed by atoms with E-state index in [1.165, 1.54) is 54.8 Å². The van der Waals surface area contributed by atoms with E-state index in [1.807, 2.05) is 0 Å². The summed E-state index contributed by atoms with van der Waals surface area (Å²) in [5, 5.41) is 9.34. The van der Waals surface area contributed by atoms with E-state index < -0.39 is 77.6 Å². The molecule has 3 aliphatic carbocycles. The molecule has 14 nitrogen and oxygen atoms in total. The topological polar surface area (TPSA) is 179 Å². The molecule has 1 aromatic carbocycles. The standard InChI is InChI=1S/C22H32O10.C9H10O4/c1-11(9-27-3)31-21(25)17-14-8-7-13(15(17)19(23)29-5)16(20(24)30-6)18(14)22(26)32-12(2)10-28-4;1-12-6-3-4-7(8(10)5-6)9(11)13-2/h7-8,11-18H,9-10H2,1-6H3;3-5,10H,1-2H3. The molecule has 1 saturated carbocycles. The van der Waals surface area contributed by atoms with Crippen molar-refractivity contribution in [2.24, 2.45) is 35.5 Å².